The van der Waals surface area contributed by atoms with Crippen LogP contribution < -0.4 is 4.74 Å². The number of methoxy groups -OCH3 is 1. The van der Waals surface area contributed by atoms with Gasteiger partial charge in [0.15, 0.2) is 11.4 Å². The molecule has 0 saturated heterocycles. The van der Waals surface area contributed by atoms with Crippen LogP contribution in [0.15, 0.2) is 35.9 Å². The van der Waals surface area contributed by atoms with Gasteiger partial charge in [-0.3, -0.25) is 4.79 Å². The fourth-order valence-electron chi connectivity index (χ4n) is 6.92. The van der Waals surface area contributed by atoms with Gasteiger partial charge in [0, 0.05) is 5.41 Å². The lowest BCUT2D eigenvalue weighted by molar-refractivity contribution is -0.131. The normalized spacial score (nSPS) is 31.3. The minimum absolute atomic E-state index is 0.185. The highest BCUT2D eigenvalue weighted by atomic mass is 32.2. The summed E-state index contributed by atoms with van der Waals surface area (Å²) in [5.74, 6) is 2.80. The van der Waals surface area contributed by atoms with Crippen molar-refractivity contribution in [2.24, 2.45) is 17.3 Å². The Morgan fingerprint density at radius 1 is 1.22 bits per heavy atom. The topological polar surface area (TPSA) is 69.9 Å². The molecule has 0 bridgehead atoms. The first kappa shape index (κ1) is 20.2. The number of hydrogen-bond acceptors (Lipinski definition) is 6. The van der Waals surface area contributed by atoms with Crippen LogP contribution in [0.25, 0.3) is 11.2 Å². The monoisotopic (exact) mass is 448 g/mol. The van der Waals surface area contributed by atoms with Crippen molar-refractivity contribution in [3.63, 3.8) is 0 Å². The Labute approximate surface area is 192 Å². The Kier molecular flexibility index (Phi) is 4.61. The maximum absolute atomic E-state index is 13.8. The van der Waals surface area contributed by atoms with Gasteiger partial charge in [0.25, 0.3) is 0 Å². The Hall–Kier alpha value is -2.41. The van der Waals surface area contributed by atoms with E-state index in [1.54, 1.807) is 25.2 Å². The molecule has 2 fully saturated rings. The molecule has 0 amide bonds. The molecule has 0 aliphatic heterocycles. The number of carbonyl (C=O) groups excluding carboxylic acids is 1. The average molecular weight is 449 g/mol. The molecular weight excluding hydrogens is 420 g/mol. The van der Waals surface area contributed by atoms with Gasteiger partial charge in [0.05, 0.1) is 19.5 Å². The minimum atomic E-state index is -0.262. The van der Waals surface area contributed by atoms with Gasteiger partial charge in [0.2, 0.25) is 0 Å². The van der Waals surface area contributed by atoms with Gasteiger partial charge in [-0.1, -0.05) is 13.0 Å². The predicted molar refractivity (Wildman–Crippen MR) is 124 cm³/mol. The highest BCUT2D eigenvalue weighted by Crippen LogP contribution is 2.61. The summed E-state index contributed by atoms with van der Waals surface area (Å²) in [6.07, 6.45) is 10.5. The number of ether oxygens (including phenoxy) is 1. The molecular formula is C25H28N4O2S. The van der Waals surface area contributed by atoms with Crippen molar-refractivity contribution in [1.29, 1.82) is 0 Å². The molecule has 2 saturated carbocycles. The van der Waals surface area contributed by atoms with Crippen LogP contribution in [-0.4, -0.2) is 38.7 Å². The fourth-order valence-corrected chi connectivity index (χ4v) is 7.41. The standard InChI is InChI=1S/C25H28N4O2S/c1-25-9-8-17-16-7-5-15(31-2)10-14(16)4-6-18(17)19(25)11-20(22(25)30)29-13-28-21-23(29)26-12-27-24(21)32-3/h5,7,10,12-13,17-20H,4,6,8-9,11H2,1-3H3/t17-,18-,19-,20-,25-/m0/s1. The van der Waals surface area contributed by atoms with E-state index in [4.69, 9.17) is 4.74 Å². The lowest BCUT2D eigenvalue weighted by Gasteiger charge is -2.48. The van der Waals surface area contributed by atoms with E-state index in [-0.39, 0.29) is 11.5 Å². The summed E-state index contributed by atoms with van der Waals surface area (Å²) in [5, 5.41) is 0.863. The van der Waals surface area contributed by atoms with Crippen LogP contribution in [0.5, 0.6) is 5.75 Å². The molecule has 0 spiro atoms. The van der Waals surface area contributed by atoms with Crippen molar-refractivity contribution in [2.45, 2.75) is 56.0 Å². The smallest absolute Gasteiger partial charge is 0.165 e. The number of imidazole rings is 1. The predicted octanol–water partition coefficient (Wildman–Crippen LogP) is 4.83. The summed E-state index contributed by atoms with van der Waals surface area (Å²) < 4.78 is 7.48. The van der Waals surface area contributed by atoms with Crippen molar-refractivity contribution in [3.05, 3.63) is 42.0 Å². The Morgan fingerprint density at radius 3 is 2.91 bits per heavy atom. The molecule has 3 aliphatic carbocycles. The van der Waals surface area contributed by atoms with Crippen LogP contribution in [0.2, 0.25) is 0 Å². The second kappa shape index (κ2) is 7.30. The third-order valence-corrected chi connectivity index (χ3v) is 9.21. The highest BCUT2D eigenvalue weighted by molar-refractivity contribution is 7.98. The zero-order valence-corrected chi connectivity index (χ0v) is 19.6. The van der Waals surface area contributed by atoms with Crippen LogP contribution in [-0.2, 0) is 11.2 Å². The maximum atomic E-state index is 13.8. The van der Waals surface area contributed by atoms with Gasteiger partial charge in [-0.05, 0) is 79.4 Å². The molecule has 0 N–H and O–H groups in total. The SMILES string of the molecule is COc1ccc2c(c1)CC[C@H]1[C@H]2CC[C@]2(C)C(=O)[C@@H](n3cnc4c(SC)ncnc43)C[C@@H]12. The third kappa shape index (κ3) is 2.73. The van der Waals surface area contributed by atoms with Crippen LogP contribution in [0.3, 0.4) is 0 Å². The maximum Gasteiger partial charge on any atom is 0.165 e. The lowest BCUT2D eigenvalue weighted by Crippen LogP contribution is -2.42. The third-order valence-electron chi connectivity index (χ3n) is 8.52. The zero-order chi connectivity index (χ0) is 22.0. The zero-order valence-electron chi connectivity index (χ0n) is 18.7. The molecule has 1 aromatic carbocycles. The number of ketones is 1. The van der Waals surface area contributed by atoms with Gasteiger partial charge in [-0.25, -0.2) is 15.0 Å². The molecule has 0 unspecified atom stereocenters. The van der Waals surface area contributed by atoms with Gasteiger partial charge >= 0.3 is 0 Å². The Bertz CT molecular complexity index is 1220. The van der Waals surface area contributed by atoms with Crippen molar-refractivity contribution < 1.29 is 9.53 Å². The van der Waals surface area contributed by atoms with E-state index in [9.17, 15) is 4.79 Å². The molecule has 2 heterocycles. The van der Waals surface area contributed by atoms with Crippen LogP contribution in [0, 0.1) is 17.3 Å². The second-order valence-electron chi connectivity index (χ2n) is 9.76. The van der Waals surface area contributed by atoms with E-state index >= 15 is 0 Å². The quantitative estimate of drug-likeness (QED) is 0.422. The van der Waals surface area contributed by atoms with Crippen LogP contribution in [0.4, 0.5) is 0 Å². The number of aryl methyl sites for hydroxylation is 1. The number of aromatic nitrogens is 4. The molecule has 3 aromatic rings. The second-order valence-corrected chi connectivity index (χ2v) is 10.6. The van der Waals surface area contributed by atoms with Gasteiger partial charge in [-0.2, -0.15) is 0 Å². The summed E-state index contributed by atoms with van der Waals surface area (Å²) in [4.78, 5) is 27.3. The molecule has 5 atom stereocenters. The molecule has 6 rings (SSSR count). The number of Topliss-reactive ketones (excluding diaryl/α,β-unsaturated/α-hetero) is 1. The molecule has 7 heteroatoms. The van der Waals surface area contributed by atoms with Crippen LogP contribution >= 0.6 is 11.8 Å². The van der Waals surface area contributed by atoms with E-state index in [1.807, 2.05) is 17.2 Å². The number of nitrogens with zero attached hydrogens (tertiary/aromatic N) is 4. The Morgan fingerprint density at radius 2 is 2.09 bits per heavy atom. The number of hydrogen-bond donors (Lipinski definition) is 0. The Balaban J connectivity index is 1.36. The summed E-state index contributed by atoms with van der Waals surface area (Å²) in [6.45, 7) is 2.22. The van der Waals surface area contributed by atoms with Gasteiger partial charge in [-0.15, -0.1) is 11.8 Å². The first-order valence-corrected chi connectivity index (χ1v) is 12.7. The fraction of sp³-hybridized carbons (Fsp3) is 0.520. The van der Waals surface area contributed by atoms with Gasteiger partial charge < -0.3 is 9.30 Å². The summed E-state index contributed by atoms with van der Waals surface area (Å²) in [7, 11) is 1.73. The molecule has 3 aliphatic rings. The van der Waals surface area contributed by atoms with Crippen LogP contribution in [0.1, 0.15) is 55.7 Å². The lowest BCUT2D eigenvalue weighted by atomic mass is 9.55. The van der Waals surface area contributed by atoms with E-state index < -0.39 is 0 Å². The average Bonchev–Trinajstić information content (AvgIpc) is 3.37. The van der Waals surface area contributed by atoms with E-state index in [0.29, 0.717) is 23.5 Å². The number of rotatable bonds is 3. The summed E-state index contributed by atoms with van der Waals surface area (Å²) in [5.41, 5.74) is 4.22. The first-order valence-electron chi connectivity index (χ1n) is 11.5. The van der Waals surface area contributed by atoms with Crippen molar-refractivity contribution in [2.75, 3.05) is 13.4 Å². The van der Waals surface area contributed by atoms with Crippen molar-refractivity contribution in [1.82, 2.24) is 19.5 Å². The summed E-state index contributed by atoms with van der Waals surface area (Å²) in [6, 6.07) is 6.39. The number of thioether (sulfide) groups is 1. The van der Waals surface area contributed by atoms with E-state index in [2.05, 4.69) is 40.1 Å². The number of fused-ring (bicyclic) bond motifs is 6. The summed E-state index contributed by atoms with van der Waals surface area (Å²) >= 11 is 1.56. The van der Waals surface area contributed by atoms with E-state index in [1.165, 1.54) is 11.1 Å². The first-order chi connectivity index (χ1) is 15.5. The molecule has 6 nitrogen and oxygen atoms in total. The number of carbonyl (C=O) groups is 1. The highest BCUT2D eigenvalue weighted by Gasteiger charge is 2.58. The molecule has 32 heavy (non-hydrogen) atoms. The van der Waals surface area contributed by atoms with Crippen molar-refractivity contribution >= 4 is 28.7 Å². The molecule has 0 radical (unpaired) electrons. The number of benzene rings is 1. The van der Waals surface area contributed by atoms with Gasteiger partial charge in [0.1, 0.15) is 22.6 Å². The molecule has 166 valence electrons. The van der Waals surface area contributed by atoms with Crippen molar-refractivity contribution in [3.8, 4) is 5.75 Å². The minimum Gasteiger partial charge on any atom is -0.497 e. The van der Waals surface area contributed by atoms with E-state index in [0.717, 1.165) is 54.0 Å². The largest absolute Gasteiger partial charge is 0.497 e. The molecule has 2 aromatic heterocycles.